The van der Waals surface area contributed by atoms with E-state index in [-0.39, 0.29) is 18.0 Å². The molecule has 4 N–H and O–H groups in total. The highest BCUT2D eigenvalue weighted by molar-refractivity contribution is 5.83. The Kier molecular flexibility index (Phi) is 37.1. The zero-order chi connectivity index (χ0) is 38.2. The van der Waals surface area contributed by atoms with Gasteiger partial charge in [0.15, 0.2) is 0 Å². The van der Waals surface area contributed by atoms with Gasteiger partial charge in [0.25, 0.3) is 0 Å². The summed E-state index contributed by atoms with van der Waals surface area (Å²) in [5.74, 6) is -1.34. The molecule has 0 aromatic rings. The maximum Gasteiger partial charge on any atom is 0.326 e. The van der Waals surface area contributed by atoms with Crippen LogP contribution in [0.2, 0.25) is 0 Å². The molecule has 0 radical (unpaired) electrons. The summed E-state index contributed by atoms with van der Waals surface area (Å²) in [6.45, 7) is 4.81. The highest BCUT2D eigenvalue weighted by atomic mass is 16.5. The minimum absolute atomic E-state index is 0.0571. The summed E-state index contributed by atoms with van der Waals surface area (Å²) in [6.07, 6.45) is 48.4. The third-order valence-corrected chi connectivity index (χ3v) is 9.08. The normalized spacial score (nSPS) is 13.3. The molecule has 7 heteroatoms. The number of unbranched alkanes of at least 4 members (excludes halogenated alkanes) is 13. The van der Waals surface area contributed by atoms with Crippen LogP contribution in [-0.2, 0) is 19.1 Å². The van der Waals surface area contributed by atoms with Crippen molar-refractivity contribution in [3.05, 3.63) is 60.8 Å². The number of nitrogens with two attached hydrogens (primary N) is 1. The first-order valence-electron chi connectivity index (χ1n) is 21.1. The number of carboxylic acids is 1. The zero-order valence-electron chi connectivity index (χ0n) is 33.4. The van der Waals surface area contributed by atoms with Crippen molar-refractivity contribution < 1.29 is 24.2 Å². The molecule has 0 heterocycles. The fourth-order valence-corrected chi connectivity index (χ4v) is 5.93. The Labute approximate surface area is 319 Å². The van der Waals surface area contributed by atoms with Crippen LogP contribution in [0.15, 0.2) is 60.8 Å². The number of hydrogen-bond donors (Lipinski definition) is 3. The van der Waals surface area contributed by atoms with Gasteiger partial charge in [-0.25, -0.2) is 4.79 Å². The van der Waals surface area contributed by atoms with E-state index in [1.165, 1.54) is 51.4 Å². The lowest BCUT2D eigenvalue weighted by atomic mass is 10.0. The maximum absolute atomic E-state index is 12.7. The Morgan fingerprint density at radius 2 is 1.10 bits per heavy atom. The lowest BCUT2D eigenvalue weighted by molar-refractivity contribution is -0.149. The van der Waals surface area contributed by atoms with Crippen LogP contribution in [0.3, 0.4) is 0 Å². The van der Waals surface area contributed by atoms with Crippen molar-refractivity contribution in [2.24, 2.45) is 5.73 Å². The molecule has 0 bridgehead atoms. The summed E-state index contributed by atoms with van der Waals surface area (Å²) in [5.41, 5.74) is 5.48. The van der Waals surface area contributed by atoms with Gasteiger partial charge in [0.1, 0.15) is 12.1 Å². The number of amides is 1. The van der Waals surface area contributed by atoms with E-state index in [1.807, 2.05) is 0 Å². The molecule has 1 amide bonds. The second-order valence-corrected chi connectivity index (χ2v) is 14.0. The predicted molar refractivity (Wildman–Crippen MR) is 220 cm³/mol. The number of esters is 1. The van der Waals surface area contributed by atoms with Gasteiger partial charge < -0.3 is 20.9 Å². The van der Waals surface area contributed by atoms with Gasteiger partial charge in [-0.3, -0.25) is 9.59 Å². The lowest BCUT2D eigenvalue weighted by Gasteiger charge is -2.18. The van der Waals surface area contributed by atoms with Gasteiger partial charge >= 0.3 is 11.9 Å². The molecule has 0 spiro atoms. The van der Waals surface area contributed by atoms with Crippen molar-refractivity contribution >= 4 is 17.8 Å². The van der Waals surface area contributed by atoms with Crippen LogP contribution in [0.1, 0.15) is 187 Å². The van der Waals surface area contributed by atoms with Crippen LogP contribution < -0.4 is 11.1 Å². The van der Waals surface area contributed by atoms with Crippen molar-refractivity contribution in [1.29, 1.82) is 0 Å². The SMILES string of the molecule is CC/C=C\C/C=C\C/C=C\C/C=C\CCC(=O)OC(CCC/C=C\CCCCCCCCCC)CCCCCCCC(=O)NC(CCCN)C(=O)O. The number of nitrogens with one attached hydrogen (secondary N) is 1. The van der Waals surface area contributed by atoms with Crippen molar-refractivity contribution in [3.8, 4) is 0 Å². The number of allylic oxidation sites excluding steroid dienone is 10. The van der Waals surface area contributed by atoms with Gasteiger partial charge in [0.2, 0.25) is 5.91 Å². The molecule has 0 rings (SSSR count). The Hall–Kier alpha value is -2.93. The summed E-state index contributed by atoms with van der Waals surface area (Å²) >= 11 is 0. The number of rotatable bonds is 37. The third-order valence-electron chi connectivity index (χ3n) is 9.08. The Morgan fingerprint density at radius 3 is 1.71 bits per heavy atom. The minimum Gasteiger partial charge on any atom is -0.480 e. The number of ether oxygens (including phenoxy) is 1. The highest BCUT2D eigenvalue weighted by Crippen LogP contribution is 2.17. The molecule has 298 valence electrons. The number of aliphatic carboxylic acids is 1. The summed E-state index contributed by atoms with van der Waals surface area (Å²) in [6, 6.07) is -0.866. The van der Waals surface area contributed by atoms with Crippen LogP contribution in [0, 0.1) is 0 Å². The molecule has 0 aromatic carbocycles. The van der Waals surface area contributed by atoms with Crippen molar-refractivity contribution in [1.82, 2.24) is 5.32 Å². The molecule has 0 aliphatic rings. The fourth-order valence-electron chi connectivity index (χ4n) is 5.93. The Balaban J connectivity index is 4.50. The number of carbonyl (C=O) groups excluding carboxylic acids is 2. The van der Waals surface area contributed by atoms with Gasteiger partial charge in [-0.2, -0.15) is 0 Å². The molecular weight excluding hydrogens is 649 g/mol. The second-order valence-electron chi connectivity index (χ2n) is 14.0. The number of hydrogen-bond acceptors (Lipinski definition) is 5. The molecule has 7 nitrogen and oxygen atoms in total. The summed E-state index contributed by atoms with van der Waals surface area (Å²) < 4.78 is 5.98. The van der Waals surface area contributed by atoms with E-state index in [0.717, 1.165) is 89.9 Å². The van der Waals surface area contributed by atoms with Crippen molar-refractivity contribution in [2.75, 3.05) is 6.54 Å². The third kappa shape index (κ3) is 35.5. The molecule has 2 atom stereocenters. The van der Waals surface area contributed by atoms with Crippen LogP contribution in [0.5, 0.6) is 0 Å². The molecular formula is C45H78N2O5. The molecule has 52 heavy (non-hydrogen) atoms. The van der Waals surface area contributed by atoms with Gasteiger partial charge in [-0.05, 0) is 103 Å². The smallest absolute Gasteiger partial charge is 0.326 e. The van der Waals surface area contributed by atoms with Crippen molar-refractivity contribution in [2.45, 2.75) is 199 Å². The fraction of sp³-hybridized carbons (Fsp3) is 0.711. The van der Waals surface area contributed by atoms with Crippen LogP contribution in [0.25, 0.3) is 0 Å². The largest absolute Gasteiger partial charge is 0.480 e. The first kappa shape index (κ1) is 49.1. The summed E-state index contributed by atoms with van der Waals surface area (Å²) in [5, 5.41) is 11.9. The molecule has 0 saturated carbocycles. The average Bonchev–Trinajstić information content (AvgIpc) is 3.13. The molecule has 0 saturated heterocycles. The molecule has 0 aliphatic carbocycles. The van der Waals surface area contributed by atoms with E-state index < -0.39 is 12.0 Å². The van der Waals surface area contributed by atoms with E-state index in [9.17, 15) is 19.5 Å². The number of carboxylic acid groups (broad SMARTS) is 1. The minimum atomic E-state index is -1.01. The van der Waals surface area contributed by atoms with Gasteiger partial charge in [-0.15, -0.1) is 0 Å². The predicted octanol–water partition coefficient (Wildman–Crippen LogP) is 11.8. The monoisotopic (exact) mass is 727 g/mol. The van der Waals surface area contributed by atoms with E-state index >= 15 is 0 Å². The lowest BCUT2D eigenvalue weighted by Crippen LogP contribution is -2.40. The van der Waals surface area contributed by atoms with E-state index in [1.54, 1.807) is 0 Å². The molecule has 2 unspecified atom stereocenters. The van der Waals surface area contributed by atoms with Gasteiger partial charge in [0.05, 0.1) is 0 Å². The Bertz CT molecular complexity index is 1000. The Morgan fingerprint density at radius 1 is 0.577 bits per heavy atom. The molecule has 0 fully saturated rings. The van der Waals surface area contributed by atoms with E-state index in [4.69, 9.17) is 10.5 Å². The van der Waals surface area contributed by atoms with Crippen LogP contribution in [0.4, 0.5) is 0 Å². The maximum atomic E-state index is 12.7. The summed E-state index contributed by atoms with van der Waals surface area (Å²) in [7, 11) is 0. The van der Waals surface area contributed by atoms with Gasteiger partial charge in [-0.1, -0.05) is 139 Å². The highest BCUT2D eigenvalue weighted by Gasteiger charge is 2.19. The zero-order valence-corrected chi connectivity index (χ0v) is 33.4. The first-order valence-corrected chi connectivity index (χ1v) is 21.1. The number of carbonyl (C=O) groups is 3. The first-order chi connectivity index (χ1) is 25.4. The quantitative estimate of drug-likeness (QED) is 0.0333. The van der Waals surface area contributed by atoms with E-state index in [0.29, 0.717) is 38.6 Å². The standard InChI is InChI=1S/C45H78N2O5/c1-3-5-7-9-11-13-15-17-19-21-23-26-30-35-41(36-31-27-25-28-32-38-43(48)47-42(45(50)51)37-34-40-46)52-44(49)39-33-29-24-22-20-18-16-14-12-10-8-6-4-2/h6,8,12,14,18,20-21,23-24,29,41-42H,3-5,7,9-11,13,15-17,19,22,25-28,30-40,46H2,1-2H3,(H,47,48)(H,50,51)/b8-6-,14-12-,20-18-,23-21-,29-24-. The van der Waals surface area contributed by atoms with Gasteiger partial charge in [0, 0.05) is 12.8 Å². The average molecular weight is 727 g/mol. The van der Waals surface area contributed by atoms with Crippen LogP contribution in [-0.4, -0.2) is 41.6 Å². The summed E-state index contributed by atoms with van der Waals surface area (Å²) in [4.78, 5) is 36.3. The molecule has 0 aromatic heterocycles. The van der Waals surface area contributed by atoms with Crippen molar-refractivity contribution in [3.63, 3.8) is 0 Å². The molecule has 0 aliphatic heterocycles. The topological polar surface area (TPSA) is 119 Å². The van der Waals surface area contributed by atoms with Crippen LogP contribution >= 0.6 is 0 Å². The second kappa shape index (κ2) is 39.3. The van der Waals surface area contributed by atoms with E-state index in [2.05, 4.69) is 79.9 Å².